The van der Waals surface area contributed by atoms with E-state index in [9.17, 15) is 4.79 Å². The van der Waals surface area contributed by atoms with Gasteiger partial charge in [-0.3, -0.25) is 4.79 Å². The highest BCUT2D eigenvalue weighted by Crippen LogP contribution is 2.35. The van der Waals surface area contributed by atoms with Crippen molar-refractivity contribution in [1.82, 2.24) is 8.75 Å². The Hall–Kier alpha value is -0.950. The SMILES string of the molecule is CCC(C)C(N)C(=O)Nc1c(Cl)cc(Cl)c2nsnc12. The fraction of sp³-hybridized carbons (Fsp3) is 0.417. The molecule has 8 heteroatoms. The van der Waals surface area contributed by atoms with Gasteiger partial charge in [0.25, 0.3) is 0 Å². The number of hydrogen-bond acceptors (Lipinski definition) is 5. The number of amides is 1. The van der Waals surface area contributed by atoms with E-state index in [4.69, 9.17) is 28.9 Å². The number of fused-ring (bicyclic) bond motifs is 1. The number of aromatic nitrogens is 2. The molecule has 0 radical (unpaired) electrons. The Morgan fingerprint density at radius 2 is 2.05 bits per heavy atom. The molecule has 1 aromatic heterocycles. The molecule has 0 aliphatic carbocycles. The zero-order valence-corrected chi connectivity index (χ0v) is 13.3. The van der Waals surface area contributed by atoms with Gasteiger partial charge in [0.15, 0.2) is 0 Å². The molecule has 3 N–H and O–H groups in total. The predicted molar refractivity (Wildman–Crippen MR) is 83.5 cm³/mol. The number of nitrogens with two attached hydrogens (primary N) is 1. The van der Waals surface area contributed by atoms with Crippen LogP contribution < -0.4 is 11.1 Å². The zero-order chi connectivity index (χ0) is 14.9. The van der Waals surface area contributed by atoms with Crippen molar-refractivity contribution in [3.63, 3.8) is 0 Å². The summed E-state index contributed by atoms with van der Waals surface area (Å²) in [6, 6.07) is 0.936. The molecule has 2 rings (SSSR count). The summed E-state index contributed by atoms with van der Waals surface area (Å²) in [6.07, 6.45) is 0.816. The van der Waals surface area contributed by atoms with Crippen molar-refractivity contribution in [2.75, 3.05) is 5.32 Å². The third-order valence-electron chi connectivity index (χ3n) is 3.25. The quantitative estimate of drug-likeness (QED) is 0.899. The summed E-state index contributed by atoms with van der Waals surface area (Å²) in [5.41, 5.74) is 7.32. The zero-order valence-electron chi connectivity index (χ0n) is 11.0. The monoisotopic (exact) mass is 332 g/mol. The standard InChI is InChI=1S/C12H14Cl2N4OS/c1-3-5(2)8(15)12(19)16-9-6(13)4-7(14)10-11(9)18-20-17-10/h4-5,8H,3,15H2,1-2H3,(H,16,19). The fourth-order valence-corrected chi connectivity index (χ4v) is 2.87. The second kappa shape index (κ2) is 6.22. The average molecular weight is 333 g/mol. The van der Waals surface area contributed by atoms with Crippen LogP contribution in [-0.4, -0.2) is 20.7 Å². The molecule has 2 unspecified atom stereocenters. The molecule has 0 saturated heterocycles. The maximum absolute atomic E-state index is 12.1. The van der Waals surface area contributed by atoms with E-state index < -0.39 is 6.04 Å². The first-order valence-electron chi connectivity index (χ1n) is 6.12. The second-order valence-corrected chi connectivity index (χ2v) is 5.92. The van der Waals surface area contributed by atoms with Crippen LogP contribution in [0, 0.1) is 5.92 Å². The number of halogens is 2. The van der Waals surface area contributed by atoms with Crippen molar-refractivity contribution in [2.24, 2.45) is 11.7 Å². The van der Waals surface area contributed by atoms with Crippen LogP contribution in [0.5, 0.6) is 0 Å². The Labute approximate surface area is 130 Å². The summed E-state index contributed by atoms with van der Waals surface area (Å²) >= 11 is 13.2. The lowest BCUT2D eigenvalue weighted by atomic mass is 9.99. The van der Waals surface area contributed by atoms with E-state index in [0.29, 0.717) is 26.8 Å². The van der Waals surface area contributed by atoms with Gasteiger partial charge in [-0.1, -0.05) is 43.5 Å². The smallest absolute Gasteiger partial charge is 0.241 e. The summed E-state index contributed by atoms with van der Waals surface area (Å²) in [7, 11) is 0. The van der Waals surface area contributed by atoms with E-state index in [1.54, 1.807) is 0 Å². The van der Waals surface area contributed by atoms with Crippen LogP contribution in [0.1, 0.15) is 20.3 Å². The average Bonchev–Trinajstić information content (AvgIpc) is 2.91. The number of benzene rings is 1. The van der Waals surface area contributed by atoms with Crippen LogP contribution in [0.25, 0.3) is 11.0 Å². The van der Waals surface area contributed by atoms with Gasteiger partial charge in [-0.05, 0) is 12.0 Å². The maximum atomic E-state index is 12.1. The summed E-state index contributed by atoms with van der Waals surface area (Å²) < 4.78 is 8.20. The number of rotatable bonds is 4. The molecule has 0 spiro atoms. The molecule has 0 saturated carbocycles. The molecule has 1 aromatic carbocycles. The molecule has 2 atom stereocenters. The summed E-state index contributed by atoms with van der Waals surface area (Å²) in [5, 5.41) is 3.46. The van der Waals surface area contributed by atoms with Crippen LogP contribution in [0.3, 0.4) is 0 Å². The van der Waals surface area contributed by atoms with Gasteiger partial charge in [0.2, 0.25) is 5.91 Å². The first kappa shape index (κ1) is 15.4. The van der Waals surface area contributed by atoms with Gasteiger partial charge in [0, 0.05) is 0 Å². The predicted octanol–water partition coefficient (Wildman–Crippen LogP) is 3.31. The third kappa shape index (κ3) is 2.88. The van der Waals surface area contributed by atoms with Gasteiger partial charge in [-0.15, -0.1) is 0 Å². The lowest BCUT2D eigenvalue weighted by Crippen LogP contribution is -2.40. The molecule has 2 aromatic rings. The number of hydrogen-bond donors (Lipinski definition) is 2. The van der Waals surface area contributed by atoms with Crippen LogP contribution in [0.4, 0.5) is 5.69 Å². The third-order valence-corrected chi connectivity index (χ3v) is 4.37. The van der Waals surface area contributed by atoms with Gasteiger partial charge in [0.1, 0.15) is 11.0 Å². The van der Waals surface area contributed by atoms with Crippen molar-refractivity contribution in [2.45, 2.75) is 26.3 Å². The Kier molecular flexibility index (Phi) is 4.80. The number of nitrogens with one attached hydrogen (secondary N) is 1. The Morgan fingerprint density at radius 3 is 2.70 bits per heavy atom. The molecular formula is C12H14Cl2N4OS. The van der Waals surface area contributed by atoms with Gasteiger partial charge in [-0.25, -0.2) is 0 Å². The van der Waals surface area contributed by atoms with E-state index in [1.165, 1.54) is 6.07 Å². The van der Waals surface area contributed by atoms with Crippen molar-refractivity contribution >= 4 is 57.6 Å². The lowest BCUT2D eigenvalue weighted by molar-refractivity contribution is -0.118. The number of carbonyl (C=O) groups is 1. The largest absolute Gasteiger partial charge is 0.322 e. The van der Waals surface area contributed by atoms with Gasteiger partial charge in [0.05, 0.1) is 33.5 Å². The molecular weight excluding hydrogens is 319 g/mol. The second-order valence-electron chi connectivity index (χ2n) is 4.58. The number of nitrogens with zero attached hydrogens (tertiary/aromatic N) is 2. The topological polar surface area (TPSA) is 80.9 Å². The normalized spacial score (nSPS) is 14.2. The Balaban J connectivity index is 2.34. The van der Waals surface area contributed by atoms with Crippen molar-refractivity contribution in [1.29, 1.82) is 0 Å². The van der Waals surface area contributed by atoms with Crippen LogP contribution in [-0.2, 0) is 4.79 Å². The molecule has 0 fully saturated rings. The molecule has 5 nitrogen and oxygen atoms in total. The van der Waals surface area contributed by atoms with Crippen LogP contribution in [0.15, 0.2) is 6.07 Å². The van der Waals surface area contributed by atoms with E-state index in [-0.39, 0.29) is 11.8 Å². The first-order chi connectivity index (χ1) is 9.45. The van der Waals surface area contributed by atoms with E-state index in [1.807, 2.05) is 13.8 Å². The summed E-state index contributed by atoms with van der Waals surface area (Å²) in [4.78, 5) is 12.1. The molecule has 1 amide bonds. The van der Waals surface area contributed by atoms with Crippen molar-refractivity contribution in [3.05, 3.63) is 16.1 Å². The molecule has 1 heterocycles. The minimum absolute atomic E-state index is 0.0742. The number of carbonyl (C=O) groups excluding carboxylic acids is 1. The molecule has 0 aliphatic heterocycles. The summed E-state index contributed by atoms with van der Waals surface area (Å²) in [6.45, 7) is 3.91. The van der Waals surface area contributed by atoms with Gasteiger partial charge < -0.3 is 11.1 Å². The van der Waals surface area contributed by atoms with Crippen LogP contribution >= 0.6 is 34.9 Å². The first-order valence-corrected chi connectivity index (χ1v) is 7.61. The van der Waals surface area contributed by atoms with E-state index in [2.05, 4.69) is 14.1 Å². The highest BCUT2D eigenvalue weighted by molar-refractivity contribution is 7.00. The lowest BCUT2D eigenvalue weighted by Gasteiger charge is -2.18. The molecule has 20 heavy (non-hydrogen) atoms. The molecule has 108 valence electrons. The van der Waals surface area contributed by atoms with Crippen molar-refractivity contribution in [3.8, 4) is 0 Å². The summed E-state index contributed by atoms with van der Waals surface area (Å²) in [5.74, 6) is -0.219. The van der Waals surface area contributed by atoms with E-state index in [0.717, 1.165) is 18.1 Å². The minimum Gasteiger partial charge on any atom is -0.322 e. The highest BCUT2D eigenvalue weighted by atomic mass is 35.5. The highest BCUT2D eigenvalue weighted by Gasteiger charge is 2.22. The molecule has 0 aliphatic rings. The number of anilines is 1. The fourth-order valence-electron chi connectivity index (χ4n) is 1.71. The Morgan fingerprint density at radius 1 is 1.40 bits per heavy atom. The molecule has 0 bridgehead atoms. The van der Waals surface area contributed by atoms with Gasteiger partial charge >= 0.3 is 0 Å². The van der Waals surface area contributed by atoms with Crippen LogP contribution in [0.2, 0.25) is 10.0 Å². The maximum Gasteiger partial charge on any atom is 0.241 e. The minimum atomic E-state index is -0.603. The van der Waals surface area contributed by atoms with Gasteiger partial charge in [-0.2, -0.15) is 8.75 Å². The van der Waals surface area contributed by atoms with E-state index >= 15 is 0 Å². The Bertz CT molecular complexity index is 646. The van der Waals surface area contributed by atoms with Crippen molar-refractivity contribution < 1.29 is 4.79 Å².